The number of anilines is 1. The lowest BCUT2D eigenvalue weighted by Gasteiger charge is -2.15. The number of rotatable bonds is 7. The van der Waals surface area contributed by atoms with Gasteiger partial charge in [0, 0.05) is 13.7 Å². The lowest BCUT2D eigenvalue weighted by atomic mass is 10.3. The first-order valence-corrected chi connectivity index (χ1v) is 7.60. The first-order chi connectivity index (χ1) is 9.77. The van der Waals surface area contributed by atoms with E-state index in [2.05, 4.69) is 10.0 Å². The van der Waals surface area contributed by atoms with Gasteiger partial charge in [-0.1, -0.05) is 0 Å². The van der Waals surface area contributed by atoms with E-state index in [1.165, 1.54) is 14.0 Å². The maximum absolute atomic E-state index is 12.9. The maximum atomic E-state index is 12.9. The standard InChI is InChI=1S/C12H18FN3O4S/c1-8(12(17)15-5-6-20-2)16-21(18,19)11-4-3-9(13)7-10(11)14/h3-4,7-8,16H,5-6,14H2,1-2H3,(H,15,17). The van der Waals surface area contributed by atoms with Crippen LogP contribution in [0.5, 0.6) is 0 Å². The van der Waals surface area contributed by atoms with Crippen LogP contribution in [0.1, 0.15) is 6.92 Å². The number of sulfonamides is 1. The van der Waals surface area contributed by atoms with E-state index >= 15 is 0 Å². The van der Waals surface area contributed by atoms with E-state index in [0.717, 1.165) is 18.2 Å². The Morgan fingerprint density at radius 1 is 1.48 bits per heavy atom. The van der Waals surface area contributed by atoms with E-state index in [9.17, 15) is 17.6 Å². The van der Waals surface area contributed by atoms with E-state index in [4.69, 9.17) is 10.5 Å². The molecular weight excluding hydrogens is 301 g/mol. The van der Waals surface area contributed by atoms with Crippen molar-refractivity contribution in [2.75, 3.05) is 26.0 Å². The Kier molecular flexibility index (Phi) is 6.06. The lowest BCUT2D eigenvalue weighted by Crippen LogP contribution is -2.45. The van der Waals surface area contributed by atoms with Crippen LogP contribution >= 0.6 is 0 Å². The molecule has 118 valence electrons. The first kappa shape index (κ1) is 17.3. The number of carbonyl (C=O) groups is 1. The van der Waals surface area contributed by atoms with Crippen molar-refractivity contribution in [3.05, 3.63) is 24.0 Å². The van der Waals surface area contributed by atoms with Crippen LogP contribution in [0.3, 0.4) is 0 Å². The van der Waals surface area contributed by atoms with Crippen molar-refractivity contribution in [1.82, 2.24) is 10.0 Å². The van der Waals surface area contributed by atoms with Crippen molar-refractivity contribution < 1.29 is 22.3 Å². The van der Waals surface area contributed by atoms with Crippen LogP contribution in [-0.2, 0) is 19.6 Å². The fraction of sp³-hybridized carbons (Fsp3) is 0.417. The fourth-order valence-electron chi connectivity index (χ4n) is 1.54. The van der Waals surface area contributed by atoms with Gasteiger partial charge in [0.2, 0.25) is 15.9 Å². The quantitative estimate of drug-likeness (QED) is 0.478. The molecule has 0 spiro atoms. The van der Waals surface area contributed by atoms with Crippen LogP contribution in [0.15, 0.2) is 23.1 Å². The minimum Gasteiger partial charge on any atom is -0.398 e. The zero-order valence-electron chi connectivity index (χ0n) is 11.7. The monoisotopic (exact) mass is 319 g/mol. The van der Waals surface area contributed by atoms with Gasteiger partial charge in [0.05, 0.1) is 18.3 Å². The Morgan fingerprint density at radius 3 is 2.71 bits per heavy atom. The van der Waals surface area contributed by atoms with E-state index in [1.54, 1.807) is 0 Å². The molecule has 0 bridgehead atoms. The molecule has 1 amide bonds. The van der Waals surface area contributed by atoms with Crippen molar-refractivity contribution >= 4 is 21.6 Å². The van der Waals surface area contributed by atoms with Crippen molar-refractivity contribution in [1.29, 1.82) is 0 Å². The molecule has 1 aromatic carbocycles. The van der Waals surface area contributed by atoms with Crippen LogP contribution in [0.25, 0.3) is 0 Å². The summed E-state index contributed by atoms with van der Waals surface area (Å²) in [6.45, 7) is 1.97. The van der Waals surface area contributed by atoms with Gasteiger partial charge in [-0.3, -0.25) is 4.79 Å². The van der Waals surface area contributed by atoms with Gasteiger partial charge in [-0.2, -0.15) is 4.72 Å². The number of benzene rings is 1. The molecule has 7 nitrogen and oxygen atoms in total. The van der Waals surface area contributed by atoms with Crippen LogP contribution in [-0.4, -0.2) is 40.6 Å². The Labute approximate surface area is 122 Å². The van der Waals surface area contributed by atoms with Gasteiger partial charge < -0.3 is 15.8 Å². The molecular formula is C12H18FN3O4S. The van der Waals surface area contributed by atoms with Gasteiger partial charge in [-0.15, -0.1) is 0 Å². The summed E-state index contributed by atoms with van der Waals surface area (Å²) in [7, 11) is -2.53. The Balaban J connectivity index is 2.78. The molecule has 0 aliphatic rings. The molecule has 0 saturated heterocycles. The molecule has 0 aliphatic carbocycles. The largest absolute Gasteiger partial charge is 0.398 e. The normalized spacial score (nSPS) is 12.9. The Bertz CT molecular complexity index is 607. The molecule has 1 rings (SSSR count). The van der Waals surface area contributed by atoms with E-state index in [-0.39, 0.29) is 17.1 Å². The summed E-state index contributed by atoms with van der Waals surface area (Å²) in [6, 6.07) is 1.92. The number of nitrogens with two attached hydrogens (primary N) is 1. The summed E-state index contributed by atoms with van der Waals surface area (Å²) in [6.07, 6.45) is 0. The summed E-state index contributed by atoms with van der Waals surface area (Å²) in [4.78, 5) is 11.4. The zero-order chi connectivity index (χ0) is 16.0. The van der Waals surface area contributed by atoms with Crippen molar-refractivity contribution in [3.8, 4) is 0 Å². The third kappa shape index (κ3) is 4.96. The second-order valence-corrected chi connectivity index (χ2v) is 5.99. The predicted octanol–water partition coefficient (Wildman–Crippen LogP) is -0.163. The molecule has 0 heterocycles. The van der Waals surface area contributed by atoms with Crippen molar-refractivity contribution in [3.63, 3.8) is 0 Å². The van der Waals surface area contributed by atoms with E-state index in [0.29, 0.717) is 6.61 Å². The number of nitrogens with one attached hydrogen (secondary N) is 2. The smallest absolute Gasteiger partial charge is 0.243 e. The Hall–Kier alpha value is -1.71. The van der Waals surface area contributed by atoms with Crippen molar-refractivity contribution in [2.24, 2.45) is 0 Å². The summed E-state index contributed by atoms with van der Waals surface area (Å²) >= 11 is 0. The number of hydrogen-bond acceptors (Lipinski definition) is 5. The molecule has 0 saturated carbocycles. The number of hydrogen-bond donors (Lipinski definition) is 3. The highest BCUT2D eigenvalue weighted by molar-refractivity contribution is 7.89. The highest BCUT2D eigenvalue weighted by atomic mass is 32.2. The van der Waals surface area contributed by atoms with Gasteiger partial charge in [-0.05, 0) is 25.1 Å². The van der Waals surface area contributed by atoms with Gasteiger partial charge in [0.25, 0.3) is 0 Å². The minimum absolute atomic E-state index is 0.227. The zero-order valence-corrected chi connectivity index (χ0v) is 12.5. The fourth-order valence-corrected chi connectivity index (χ4v) is 2.86. The topological polar surface area (TPSA) is 111 Å². The number of carbonyl (C=O) groups excluding carboxylic acids is 1. The van der Waals surface area contributed by atoms with Gasteiger partial charge in [-0.25, -0.2) is 12.8 Å². The minimum atomic E-state index is -4.02. The van der Waals surface area contributed by atoms with Gasteiger partial charge in [0.15, 0.2) is 0 Å². The molecule has 1 aromatic rings. The van der Waals surface area contributed by atoms with Crippen LogP contribution < -0.4 is 15.8 Å². The number of methoxy groups -OCH3 is 1. The van der Waals surface area contributed by atoms with Crippen molar-refractivity contribution in [2.45, 2.75) is 17.9 Å². The second kappa shape index (κ2) is 7.34. The number of ether oxygens (including phenoxy) is 1. The third-order valence-corrected chi connectivity index (χ3v) is 4.21. The van der Waals surface area contributed by atoms with Gasteiger partial charge >= 0.3 is 0 Å². The molecule has 0 aromatic heterocycles. The maximum Gasteiger partial charge on any atom is 0.243 e. The second-order valence-electron chi connectivity index (χ2n) is 4.31. The first-order valence-electron chi connectivity index (χ1n) is 6.12. The molecule has 1 atom stereocenters. The summed E-state index contributed by atoms with van der Waals surface area (Å²) in [5.41, 5.74) is 5.25. The predicted molar refractivity (Wildman–Crippen MR) is 75.5 cm³/mol. The van der Waals surface area contributed by atoms with E-state index < -0.39 is 27.8 Å². The summed E-state index contributed by atoms with van der Waals surface area (Å²) in [5.74, 6) is -1.15. The van der Waals surface area contributed by atoms with Crippen LogP contribution in [0.2, 0.25) is 0 Å². The molecule has 4 N–H and O–H groups in total. The third-order valence-electron chi connectivity index (χ3n) is 2.59. The van der Waals surface area contributed by atoms with Crippen LogP contribution in [0, 0.1) is 5.82 Å². The average molecular weight is 319 g/mol. The van der Waals surface area contributed by atoms with E-state index in [1.807, 2.05) is 0 Å². The molecule has 0 radical (unpaired) electrons. The summed E-state index contributed by atoms with van der Waals surface area (Å²) in [5, 5.41) is 2.50. The number of nitrogen functional groups attached to an aromatic ring is 1. The lowest BCUT2D eigenvalue weighted by molar-refractivity contribution is -0.122. The molecule has 0 fully saturated rings. The highest BCUT2D eigenvalue weighted by Gasteiger charge is 2.23. The number of amides is 1. The molecule has 0 aliphatic heterocycles. The SMILES string of the molecule is COCCNC(=O)C(C)NS(=O)(=O)c1ccc(F)cc1N. The molecule has 21 heavy (non-hydrogen) atoms. The average Bonchev–Trinajstić information content (AvgIpc) is 2.37. The Morgan fingerprint density at radius 2 is 2.14 bits per heavy atom. The van der Waals surface area contributed by atoms with Crippen LogP contribution in [0.4, 0.5) is 10.1 Å². The number of halogens is 1. The van der Waals surface area contributed by atoms with Gasteiger partial charge in [0.1, 0.15) is 10.7 Å². The molecule has 9 heteroatoms. The molecule has 1 unspecified atom stereocenters. The highest BCUT2D eigenvalue weighted by Crippen LogP contribution is 2.19. The summed E-state index contributed by atoms with van der Waals surface area (Å²) < 4.78 is 44.1.